The molecule has 0 saturated heterocycles. The summed E-state index contributed by atoms with van der Waals surface area (Å²) in [6.07, 6.45) is 0. The van der Waals surface area contributed by atoms with Crippen molar-refractivity contribution in [2.45, 2.75) is 31.8 Å². The van der Waals surface area contributed by atoms with Gasteiger partial charge in [0, 0.05) is 11.0 Å². The molecule has 29 heavy (non-hydrogen) atoms. The maximum absolute atomic E-state index is 12.7. The molecule has 0 radical (unpaired) electrons. The second-order valence-corrected chi connectivity index (χ2v) is 6.82. The number of carbonyl (C=O) groups excluding carboxylic acids is 1. The Balaban J connectivity index is 2.33. The minimum Gasteiger partial charge on any atom is -0.493 e. The van der Waals surface area contributed by atoms with Crippen molar-refractivity contribution in [2.75, 3.05) is 26.6 Å². The van der Waals surface area contributed by atoms with Crippen molar-refractivity contribution in [3.63, 3.8) is 0 Å². The Hall–Kier alpha value is -3.50. The number of ether oxygens (including phenoxy) is 3. The Kier molecular flexibility index (Phi) is 5.23. The first-order valence-corrected chi connectivity index (χ1v) is 8.83. The lowest BCUT2D eigenvalue weighted by molar-refractivity contribution is -0.509. The number of methoxy groups -OCH3 is 3. The predicted octanol–water partition coefficient (Wildman–Crippen LogP) is 1.51. The number of H-pyrrole nitrogens is 1. The van der Waals surface area contributed by atoms with Crippen molar-refractivity contribution in [1.82, 2.24) is 9.78 Å². The number of nitrogens with one attached hydrogen (secondary N) is 2. The summed E-state index contributed by atoms with van der Waals surface area (Å²) in [6, 6.07) is 1.14. The number of benzene rings is 1. The molecule has 2 aromatic rings. The number of aromatic amines is 1. The average molecular weight is 406 g/mol. The average Bonchev–Trinajstić information content (AvgIpc) is 3.01. The molecule has 1 aliphatic heterocycles. The fourth-order valence-corrected chi connectivity index (χ4v) is 3.61. The van der Waals surface area contributed by atoms with Gasteiger partial charge in [0.1, 0.15) is 5.82 Å². The maximum atomic E-state index is 12.7. The van der Waals surface area contributed by atoms with E-state index in [1.165, 1.54) is 38.1 Å². The molecule has 2 heterocycles. The lowest BCUT2D eigenvalue weighted by Crippen LogP contribution is -2.45. The van der Waals surface area contributed by atoms with E-state index in [4.69, 9.17) is 14.2 Å². The largest absolute Gasteiger partial charge is 0.493 e. The molecule has 1 amide bonds. The van der Waals surface area contributed by atoms with E-state index in [1.807, 2.05) is 13.8 Å². The standard InChI is InChI=1S/C18H22N4O7/c1-8(2)21-16-13(17(23)20-21)12(14(22(25)26)18(24)19-16)9-6-10(27-3)15(29-5)11(7-9)28-4/h6-8,12,14H,1-5H3,(H,19,24)(H,20,23)/t12-,14-/m1/s1. The van der Waals surface area contributed by atoms with Gasteiger partial charge in [-0.3, -0.25) is 29.5 Å². The van der Waals surface area contributed by atoms with Gasteiger partial charge in [-0.15, -0.1) is 0 Å². The summed E-state index contributed by atoms with van der Waals surface area (Å²) in [7, 11) is 4.25. The van der Waals surface area contributed by atoms with Crippen LogP contribution in [0.25, 0.3) is 0 Å². The molecule has 0 aliphatic carbocycles. The third-order valence-electron chi connectivity index (χ3n) is 4.89. The van der Waals surface area contributed by atoms with E-state index in [2.05, 4.69) is 10.4 Å². The number of hydrogen-bond acceptors (Lipinski definition) is 7. The van der Waals surface area contributed by atoms with Crippen molar-refractivity contribution in [1.29, 1.82) is 0 Å². The number of fused-ring (bicyclic) bond motifs is 1. The van der Waals surface area contributed by atoms with Gasteiger partial charge in [-0.1, -0.05) is 0 Å². The molecule has 2 N–H and O–H groups in total. The fraction of sp³-hybridized carbons (Fsp3) is 0.444. The molecule has 0 fully saturated rings. The normalized spacial score (nSPS) is 18.2. The zero-order chi connectivity index (χ0) is 21.5. The zero-order valence-corrected chi connectivity index (χ0v) is 16.6. The van der Waals surface area contributed by atoms with Gasteiger partial charge in [0.25, 0.3) is 5.56 Å². The third-order valence-corrected chi connectivity index (χ3v) is 4.89. The molecule has 1 aromatic carbocycles. The van der Waals surface area contributed by atoms with E-state index in [1.54, 1.807) is 0 Å². The minimum atomic E-state index is -1.70. The summed E-state index contributed by atoms with van der Waals surface area (Å²) in [6.45, 7) is 3.63. The first kappa shape index (κ1) is 20.2. The molecule has 0 spiro atoms. The number of nitrogens with zero attached hydrogens (tertiary/aromatic N) is 2. The van der Waals surface area contributed by atoms with Gasteiger partial charge in [0.05, 0.1) is 32.8 Å². The Labute approximate surface area is 165 Å². The second-order valence-electron chi connectivity index (χ2n) is 6.82. The van der Waals surface area contributed by atoms with Crippen molar-refractivity contribution in [3.05, 3.63) is 43.7 Å². The summed E-state index contributed by atoms with van der Waals surface area (Å²) in [5.74, 6) is -0.925. The molecule has 1 aromatic heterocycles. The monoisotopic (exact) mass is 406 g/mol. The van der Waals surface area contributed by atoms with Crippen LogP contribution in [0.3, 0.4) is 0 Å². The minimum absolute atomic E-state index is 0.106. The van der Waals surface area contributed by atoms with Gasteiger partial charge >= 0.3 is 11.9 Å². The molecule has 156 valence electrons. The van der Waals surface area contributed by atoms with Crippen LogP contribution in [0.1, 0.15) is 36.9 Å². The molecular weight excluding hydrogens is 384 g/mol. The molecule has 0 unspecified atom stereocenters. The van der Waals surface area contributed by atoms with Gasteiger partial charge in [0.2, 0.25) is 5.75 Å². The van der Waals surface area contributed by atoms with Gasteiger partial charge in [-0.2, -0.15) is 0 Å². The molecule has 3 rings (SSSR count). The van der Waals surface area contributed by atoms with Crippen molar-refractivity contribution in [3.8, 4) is 17.2 Å². The molecule has 11 heteroatoms. The smallest absolute Gasteiger partial charge is 0.301 e. The summed E-state index contributed by atoms with van der Waals surface area (Å²) in [4.78, 5) is 36.5. The van der Waals surface area contributed by atoms with E-state index in [0.29, 0.717) is 11.3 Å². The topological polar surface area (TPSA) is 138 Å². The van der Waals surface area contributed by atoms with E-state index >= 15 is 0 Å². The van der Waals surface area contributed by atoms with Crippen LogP contribution in [0.15, 0.2) is 16.9 Å². The zero-order valence-electron chi connectivity index (χ0n) is 16.6. The fourth-order valence-electron chi connectivity index (χ4n) is 3.61. The maximum Gasteiger partial charge on any atom is 0.301 e. The second kappa shape index (κ2) is 7.49. The molecule has 11 nitrogen and oxygen atoms in total. The Morgan fingerprint density at radius 1 is 1.10 bits per heavy atom. The van der Waals surface area contributed by atoms with Crippen LogP contribution in [0.4, 0.5) is 5.82 Å². The summed E-state index contributed by atoms with van der Waals surface area (Å²) < 4.78 is 17.4. The molecule has 2 atom stereocenters. The first-order valence-electron chi connectivity index (χ1n) is 8.83. The SMILES string of the molecule is COc1cc([C@@H]2c3c(n(C(C)C)[nH]c3=O)NC(=O)[C@@H]2[N+](=O)[O-])cc(OC)c1OC. The summed E-state index contributed by atoms with van der Waals surface area (Å²) in [5, 5.41) is 16.9. The Morgan fingerprint density at radius 3 is 2.14 bits per heavy atom. The van der Waals surface area contributed by atoms with Gasteiger partial charge in [-0.05, 0) is 31.5 Å². The molecule has 0 saturated carbocycles. The van der Waals surface area contributed by atoms with Gasteiger partial charge < -0.3 is 19.5 Å². The van der Waals surface area contributed by atoms with Gasteiger partial charge in [-0.25, -0.2) is 0 Å². The van der Waals surface area contributed by atoms with Crippen LogP contribution in [0.5, 0.6) is 17.2 Å². The Bertz CT molecular complexity index is 999. The van der Waals surface area contributed by atoms with E-state index in [0.717, 1.165) is 0 Å². The predicted molar refractivity (Wildman–Crippen MR) is 103 cm³/mol. The quantitative estimate of drug-likeness (QED) is 0.548. The Morgan fingerprint density at radius 2 is 1.69 bits per heavy atom. The van der Waals surface area contributed by atoms with Crippen molar-refractivity contribution >= 4 is 11.7 Å². The number of nitro groups is 1. The van der Waals surface area contributed by atoms with E-state index in [-0.39, 0.29) is 28.9 Å². The molecule has 0 bridgehead atoms. The van der Waals surface area contributed by atoms with Crippen LogP contribution in [0.2, 0.25) is 0 Å². The highest BCUT2D eigenvalue weighted by Crippen LogP contribution is 2.44. The van der Waals surface area contributed by atoms with Gasteiger partial charge in [0.15, 0.2) is 11.5 Å². The number of hydrogen-bond donors (Lipinski definition) is 2. The van der Waals surface area contributed by atoms with Crippen LogP contribution in [-0.4, -0.2) is 48.0 Å². The number of amides is 1. The highest BCUT2D eigenvalue weighted by Gasteiger charge is 2.49. The molecule has 1 aliphatic rings. The summed E-state index contributed by atoms with van der Waals surface area (Å²) >= 11 is 0. The highest BCUT2D eigenvalue weighted by atomic mass is 16.6. The molecular formula is C18H22N4O7. The summed E-state index contributed by atoms with van der Waals surface area (Å²) in [5.41, 5.74) is -0.0853. The number of aromatic nitrogens is 2. The van der Waals surface area contributed by atoms with Crippen LogP contribution in [-0.2, 0) is 4.79 Å². The van der Waals surface area contributed by atoms with E-state index < -0.39 is 28.3 Å². The first-order chi connectivity index (χ1) is 13.7. The number of carbonyl (C=O) groups is 1. The number of rotatable bonds is 6. The van der Waals surface area contributed by atoms with Crippen molar-refractivity contribution < 1.29 is 23.9 Å². The van der Waals surface area contributed by atoms with Crippen LogP contribution >= 0.6 is 0 Å². The number of anilines is 1. The van der Waals surface area contributed by atoms with E-state index in [9.17, 15) is 19.7 Å². The van der Waals surface area contributed by atoms with Crippen molar-refractivity contribution in [2.24, 2.45) is 0 Å². The van der Waals surface area contributed by atoms with Crippen LogP contribution in [0, 0.1) is 10.1 Å². The van der Waals surface area contributed by atoms with Crippen LogP contribution < -0.4 is 25.1 Å². The lowest BCUT2D eigenvalue weighted by atomic mass is 9.83. The third kappa shape index (κ3) is 3.18. The highest BCUT2D eigenvalue weighted by molar-refractivity contribution is 5.98. The lowest BCUT2D eigenvalue weighted by Gasteiger charge is -2.27.